The van der Waals surface area contributed by atoms with Crippen molar-refractivity contribution < 1.29 is 39.8 Å². The van der Waals surface area contributed by atoms with Gasteiger partial charge in [-0.3, -0.25) is 4.79 Å². The molecule has 0 bridgehead atoms. The lowest BCUT2D eigenvalue weighted by atomic mass is 9.86. The first-order valence-electron chi connectivity index (χ1n) is 9.73. The average Bonchev–Trinajstić information content (AvgIpc) is 3.09. The number of carboxylic acids is 1. The van der Waals surface area contributed by atoms with Gasteiger partial charge in [0.15, 0.2) is 0 Å². The summed E-state index contributed by atoms with van der Waals surface area (Å²) in [5, 5.41) is 49.4. The third-order valence-corrected chi connectivity index (χ3v) is 5.73. The molecule has 8 nitrogen and oxygen atoms in total. The maximum Gasteiger partial charge on any atom is 0.307 e. The Balaban J connectivity index is 1.61. The van der Waals surface area contributed by atoms with Crippen LogP contribution in [0.5, 0.6) is 0 Å². The van der Waals surface area contributed by atoms with E-state index in [9.17, 15) is 25.2 Å². The molecule has 160 valence electrons. The van der Waals surface area contributed by atoms with E-state index in [1.807, 2.05) is 30.3 Å². The summed E-state index contributed by atoms with van der Waals surface area (Å²) < 4.78 is 11.5. The first-order valence-corrected chi connectivity index (χ1v) is 9.73. The largest absolute Gasteiger partial charge is 0.481 e. The second kappa shape index (κ2) is 8.07. The number of hydrogen-bond acceptors (Lipinski definition) is 7. The van der Waals surface area contributed by atoms with Crippen LogP contribution in [-0.2, 0) is 39.5 Å². The number of carbonyl (C=O) groups is 1. The summed E-state index contributed by atoms with van der Waals surface area (Å²) in [5.41, 5.74) is 3.94. The van der Waals surface area contributed by atoms with Crippen LogP contribution in [0.4, 0.5) is 0 Å². The molecular formula is C22H24O8. The Hall–Kier alpha value is -2.33. The standard InChI is InChI=1S/C22H24O8/c23-10-17-19(26)20(27)21(28)22(30-17)16-8-14(5-6-15(16)11-29-22)7-12-1-3-13(4-2-12)9-18(24)25/h1-6,8,17,19-21,23,26-28H,7,9-11H2,(H,24,25)/t17-,19-,20+,21-,22+/m1/s1. The van der Waals surface area contributed by atoms with Gasteiger partial charge in [-0.25, -0.2) is 0 Å². The lowest BCUT2D eigenvalue weighted by Gasteiger charge is -2.46. The number of benzene rings is 2. The second-order valence-electron chi connectivity index (χ2n) is 7.78. The smallest absolute Gasteiger partial charge is 0.307 e. The molecule has 0 aliphatic carbocycles. The van der Waals surface area contributed by atoms with Gasteiger partial charge in [-0.15, -0.1) is 0 Å². The number of carboxylic acid groups (broad SMARTS) is 1. The topological polar surface area (TPSA) is 137 Å². The average molecular weight is 416 g/mol. The van der Waals surface area contributed by atoms with Gasteiger partial charge >= 0.3 is 5.97 Å². The molecule has 2 aromatic rings. The van der Waals surface area contributed by atoms with Crippen LogP contribution in [0.15, 0.2) is 42.5 Å². The van der Waals surface area contributed by atoms with E-state index >= 15 is 0 Å². The highest BCUT2D eigenvalue weighted by Gasteiger charge is 2.58. The summed E-state index contributed by atoms with van der Waals surface area (Å²) in [4.78, 5) is 10.8. The van der Waals surface area contributed by atoms with Crippen molar-refractivity contribution in [1.82, 2.24) is 0 Å². The molecule has 5 N–H and O–H groups in total. The van der Waals surface area contributed by atoms with Crippen LogP contribution < -0.4 is 0 Å². The molecule has 0 radical (unpaired) electrons. The molecule has 30 heavy (non-hydrogen) atoms. The minimum Gasteiger partial charge on any atom is -0.481 e. The molecule has 2 heterocycles. The molecule has 2 aliphatic heterocycles. The van der Waals surface area contributed by atoms with Crippen LogP contribution in [0.25, 0.3) is 0 Å². The van der Waals surface area contributed by atoms with Crippen LogP contribution in [0.3, 0.4) is 0 Å². The van der Waals surface area contributed by atoms with Crippen molar-refractivity contribution in [3.63, 3.8) is 0 Å². The van der Waals surface area contributed by atoms with Gasteiger partial charge in [0, 0.05) is 5.56 Å². The number of fused-ring (bicyclic) bond motifs is 2. The van der Waals surface area contributed by atoms with E-state index in [0.717, 1.165) is 16.7 Å². The van der Waals surface area contributed by atoms with Gasteiger partial charge < -0.3 is 35.0 Å². The second-order valence-corrected chi connectivity index (χ2v) is 7.78. The summed E-state index contributed by atoms with van der Waals surface area (Å²) in [7, 11) is 0. The molecule has 5 atom stereocenters. The predicted molar refractivity (Wildman–Crippen MR) is 103 cm³/mol. The van der Waals surface area contributed by atoms with Gasteiger partial charge in [0.2, 0.25) is 5.79 Å². The summed E-state index contributed by atoms with van der Waals surface area (Å²) >= 11 is 0. The van der Waals surface area contributed by atoms with Crippen molar-refractivity contribution in [1.29, 1.82) is 0 Å². The Morgan fingerprint density at radius 1 is 1.00 bits per heavy atom. The zero-order chi connectivity index (χ0) is 21.5. The third kappa shape index (κ3) is 3.62. The third-order valence-electron chi connectivity index (χ3n) is 5.73. The highest BCUT2D eigenvalue weighted by Crippen LogP contribution is 2.46. The van der Waals surface area contributed by atoms with Crippen LogP contribution in [0, 0.1) is 0 Å². The molecule has 0 aromatic heterocycles. The zero-order valence-electron chi connectivity index (χ0n) is 16.1. The Labute approximate surface area is 172 Å². The normalized spacial score (nSPS) is 30.4. The van der Waals surface area contributed by atoms with Crippen molar-refractivity contribution in [3.05, 3.63) is 70.3 Å². The highest BCUT2D eigenvalue weighted by molar-refractivity contribution is 5.70. The number of aliphatic carboxylic acids is 1. The molecule has 4 rings (SSSR count). The number of aliphatic hydroxyl groups excluding tert-OH is 4. The van der Waals surface area contributed by atoms with Crippen molar-refractivity contribution in [2.45, 2.75) is 49.7 Å². The molecule has 2 aromatic carbocycles. The molecule has 1 spiro atoms. The highest BCUT2D eigenvalue weighted by atomic mass is 16.7. The van der Waals surface area contributed by atoms with Crippen molar-refractivity contribution >= 4 is 5.97 Å². The Bertz CT molecular complexity index is 925. The van der Waals surface area contributed by atoms with Gasteiger partial charge in [-0.1, -0.05) is 36.4 Å². The monoisotopic (exact) mass is 416 g/mol. The molecule has 1 saturated heterocycles. The molecule has 8 heteroatoms. The summed E-state index contributed by atoms with van der Waals surface area (Å²) in [6.07, 6.45) is -5.07. The molecular weight excluding hydrogens is 392 g/mol. The minimum absolute atomic E-state index is 0.0333. The van der Waals surface area contributed by atoms with Crippen LogP contribution >= 0.6 is 0 Å². The van der Waals surface area contributed by atoms with Gasteiger partial charge in [0.05, 0.1) is 19.6 Å². The van der Waals surface area contributed by atoms with Crippen LogP contribution in [0.2, 0.25) is 0 Å². The Morgan fingerprint density at radius 2 is 1.67 bits per heavy atom. The van der Waals surface area contributed by atoms with E-state index in [1.54, 1.807) is 12.1 Å². The van der Waals surface area contributed by atoms with E-state index in [2.05, 4.69) is 0 Å². The quantitative estimate of drug-likeness (QED) is 0.462. The Morgan fingerprint density at radius 3 is 2.33 bits per heavy atom. The summed E-state index contributed by atoms with van der Waals surface area (Å²) in [6, 6.07) is 12.9. The lowest BCUT2D eigenvalue weighted by molar-refractivity contribution is -0.368. The van der Waals surface area contributed by atoms with E-state index < -0.39 is 42.8 Å². The van der Waals surface area contributed by atoms with Crippen LogP contribution in [-0.4, -0.2) is 62.5 Å². The van der Waals surface area contributed by atoms with Gasteiger partial charge in [0.25, 0.3) is 0 Å². The molecule has 2 aliphatic rings. The lowest BCUT2D eigenvalue weighted by Crippen LogP contribution is -2.63. The maximum absolute atomic E-state index is 10.8. The van der Waals surface area contributed by atoms with Crippen molar-refractivity contribution in [2.75, 3.05) is 6.61 Å². The van der Waals surface area contributed by atoms with E-state index in [-0.39, 0.29) is 13.0 Å². The molecule has 0 saturated carbocycles. The van der Waals surface area contributed by atoms with Gasteiger partial charge in [-0.2, -0.15) is 0 Å². The fourth-order valence-corrected chi connectivity index (χ4v) is 4.12. The minimum atomic E-state index is -1.66. The van der Waals surface area contributed by atoms with E-state index in [0.29, 0.717) is 17.5 Å². The maximum atomic E-state index is 10.8. The first-order chi connectivity index (χ1) is 14.3. The Kier molecular flexibility index (Phi) is 5.63. The predicted octanol–water partition coefficient (Wildman–Crippen LogP) is 0.0613. The molecule has 0 amide bonds. The number of rotatable bonds is 5. The van der Waals surface area contributed by atoms with Crippen molar-refractivity contribution in [2.24, 2.45) is 0 Å². The van der Waals surface area contributed by atoms with E-state index in [4.69, 9.17) is 14.6 Å². The fraction of sp³-hybridized carbons (Fsp3) is 0.409. The first kappa shape index (κ1) is 20.9. The van der Waals surface area contributed by atoms with Crippen molar-refractivity contribution in [3.8, 4) is 0 Å². The number of aliphatic hydroxyl groups is 4. The molecule has 0 unspecified atom stereocenters. The summed E-state index contributed by atoms with van der Waals surface area (Å²) in [5.74, 6) is -2.55. The van der Waals surface area contributed by atoms with E-state index in [1.165, 1.54) is 0 Å². The van der Waals surface area contributed by atoms with Crippen LogP contribution in [0.1, 0.15) is 27.8 Å². The summed E-state index contributed by atoms with van der Waals surface area (Å²) in [6.45, 7) is -0.370. The molecule has 1 fully saturated rings. The van der Waals surface area contributed by atoms with Gasteiger partial charge in [0.1, 0.15) is 24.4 Å². The number of hydrogen-bond donors (Lipinski definition) is 5. The number of ether oxygens (including phenoxy) is 2. The zero-order valence-corrected chi connectivity index (χ0v) is 16.1. The SMILES string of the molecule is O=C(O)Cc1ccc(Cc2ccc3c(c2)[C@]2(OC3)O[C@H](CO)[C@@H](O)[C@H](O)[C@H]2O)cc1. The fourth-order valence-electron chi connectivity index (χ4n) is 4.12. The van der Waals surface area contributed by atoms with Gasteiger partial charge in [-0.05, 0) is 34.7 Å².